The van der Waals surface area contributed by atoms with E-state index in [1.165, 1.54) is 36.7 Å². The Labute approximate surface area is 219 Å². The van der Waals surface area contributed by atoms with Crippen molar-refractivity contribution < 1.29 is 22.8 Å². The molecule has 9 nitrogen and oxygen atoms in total. The molecule has 0 bridgehead atoms. The highest BCUT2D eigenvalue weighted by Gasteiger charge is 2.24. The van der Waals surface area contributed by atoms with Crippen LogP contribution >= 0.6 is 31.9 Å². The first-order chi connectivity index (χ1) is 17.1. The van der Waals surface area contributed by atoms with Crippen molar-refractivity contribution in [3.8, 4) is 17.1 Å². The summed E-state index contributed by atoms with van der Waals surface area (Å²) < 4.78 is 49.5. The Morgan fingerprint density at radius 2 is 1.97 bits per heavy atom. The van der Waals surface area contributed by atoms with Gasteiger partial charge < -0.3 is 19.4 Å². The highest BCUT2D eigenvalue weighted by molar-refractivity contribution is 9.10. The smallest absolute Gasteiger partial charge is 0.406 e. The Bertz CT molecular complexity index is 1410. The normalized spacial score (nSPS) is 12.2. The quantitative estimate of drug-likeness (QED) is 0.162. The summed E-state index contributed by atoms with van der Waals surface area (Å²) in [6, 6.07) is 5.49. The highest BCUT2D eigenvalue weighted by Crippen LogP contribution is 2.35. The second-order valence-electron chi connectivity index (χ2n) is 7.64. The van der Waals surface area contributed by atoms with Gasteiger partial charge in [-0.15, -0.1) is 0 Å². The molecule has 0 N–H and O–H groups in total. The van der Waals surface area contributed by atoms with E-state index in [0.29, 0.717) is 31.6 Å². The van der Waals surface area contributed by atoms with Crippen molar-refractivity contribution in [2.24, 2.45) is 0 Å². The van der Waals surface area contributed by atoms with Crippen LogP contribution < -0.4 is 4.74 Å². The standard InChI is InChI=1S/C22H17Br2F3N6O3/c1-12(36-18-6-14(23)9-29-22(18)33(34)35)17-7-15(25)2-3-16(17)21-28-4-5-31(21)10-13-8-30-32(20(13)24)11-19(26)27/h2-9,12,19H,10-11H2,1H3. The second-order valence-corrected chi connectivity index (χ2v) is 9.30. The van der Waals surface area contributed by atoms with Crippen LogP contribution in [0.4, 0.5) is 19.0 Å². The monoisotopic (exact) mass is 628 g/mol. The molecule has 4 aromatic rings. The summed E-state index contributed by atoms with van der Waals surface area (Å²) in [5, 5.41) is 15.4. The molecular formula is C22H17Br2F3N6O3. The van der Waals surface area contributed by atoms with Crippen LogP contribution in [0.1, 0.15) is 24.2 Å². The molecule has 0 saturated carbocycles. The van der Waals surface area contributed by atoms with Crippen LogP contribution in [0.25, 0.3) is 11.4 Å². The Morgan fingerprint density at radius 3 is 2.69 bits per heavy atom. The molecule has 0 saturated heterocycles. The molecule has 14 heteroatoms. The first kappa shape index (κ1) is 25.8. The second kappa shape index (κ2) is 10.8. The molecule has 1 unspecified atom stereocenters. The van der Waals surface area contributed by atoms with Crippen molar-refractivity contribution in [1.29, 1.82) is 0 Å². The van der Waals surface area contributed by atoms with Gasteiger partial charge in [0.2, 0.25) is 5.75 Å². The number of hydrogen-bond donors (Lipinski definition) is 0. The van der Waals surface area contributed by atoms with Crippen LogP contribution in [-0.4, -0.2) is 35.7 Å². The van der Waals surface area contributed by atoms with Crippen LogP contribution in [0.2, 0.25) is 0 Å². The van der Waals surface area contributed by atoms with Crippen LogP contribution in [0.3, 0.4) is 0 Å². The van der Waals surface area contributed by atoms with E-state index in [4.69, 9.17) is 4.74 Å². The molecule has 0 aliphatic rings. The molecule has 36 heavy (non-hydrogen) atoms. The number of halogens is 5. The third-order valence-electron chi connectivity index (χ3n) is 5.18. The molecule has 188 valence electrons. The van der Waals surface area contributed by atoms with Crippen molar-refractivity contribution in [2.45, 2.75) is 32.5 Å². The van der Waals surface area contributed by atoms with E-state index in [9.17, 15) is 23.3 Å². The first-order valence-electron chi connectivity index (χ1n) is 10.4. The minimum Gasteiger partial charge on any atom is -0.478 e. The van der Waals surface area contributed by atoms with E-state index in [0.717, 1.165) is 4.68 Å². The minimum absolute atomic E-state index is 0.0872. The maximum absolute atomic E-state index is 14.3. The summed E-state index contributed by atoms with van der Waals surface area (Å²) in [5.41, 5.74) is 1.55. The van der Waals surface area contributed by atoms with Crippen molar-refractivity contribution in [2.75, 3.05) is 0 Å². The van der Waals surface area contributed by atoms with E-state index in [1.807, 2.05) is 0 Å². The Kier molecular flexibility index (Phi) is 7.73. The van der Waals surface area contributed by atoms with E-state index in [1.54, 1.807) is 23.9 Å². The zero-order valence-electron chi connectivity index (χ0n) is 18.5. The van der Waals surface area contributed by atoms with Crippen molar-refractivity contribution in [3.05, 3.63) is 85.2 Å². The molecule has 0 spiro atoms. The van der Waals surface area contributed by atoms with Gasteiger partial charge in [-0.1, -0.05) is 0 Å². The van der Waals surface area contributed by atoms with Gasteiger partial charge in [0.1, 0.15) is 28.9 Å². The van der Waals surface area contributed by atoms with Crippen molar-refractivity contribution in [1.82, 2.24) is 24.3 Å². The maximum atomic E-state index is 14.3. The lowest BCUT2D eigenvalue weighted by molar-refractivity contribution is -0.390. The number of pyridine rings is 1. The van der Waals surface area contributed by atoms with Crippen molar-refractivity contribution >= 4 is 37.7 Å². The predicted octanol–water partition coefficient (Wildman–Crippen LogP) is 6.17. The maximum Gasteiger partial charge on any atom is 0.406 e. The van der Waals surface area contributed by atoms with Crippen LogP contribution in [0.15, 0.2) is 58.1 Å². The largest absolute Gasteiger partial charge is 0.478 e. The summed E-state index contributed by atoms with van der Waals surface area (Å²) >= 11 is 6.53. The van der Waals surface area contributed by atoms with Gasteiger partial charge in [-0.05, 0) is 66.9 Å². The average molecular weight is 630 g/mol. The molecule has 0 radical (unpaired) electrons. The fourth-order valence-electron chi connectivity index (χ4n) is 3.60. The van der Waals surface area contributed by atoms with Gasteiger partial charge in [0.25, 0.3) is 6.43 Å². The van der Waals surface area contributed by atoms with E-state index in [2.05, 4.69) is 46.9 Å². The number of nitrogens with zero attached hydrogens (tertiary/aromatic N) is 6. The first-order valence-corrected chi connectivity index (χ1v) is 12.0. The summed E-state index contributed by atoms with van der Waals surface area (Å²) in [6.45, 7) is 1.32. The lowest BCUT2D eigenvalue weighted by Crippen LogP contribution is -2.10. The van der Waals surface area contributed by atoms with Gasteiger partial charge in [-0.3, -0.25) is 4.68 Å². The highest BCUT2D eigenvalue weighted by atomic mass is 79.9. The van der Waals surface area contributed by atoms with Gasteiger partial charge in [-0.25, -0.2) is 18.2 Å². The van der Waals surface area contributed by atoms with E-state index in [-0.39, 0.29) is 12.3 Å². The summed E-state index contributed by atoms with van der Waals surface area (Å²) in [7, 11) is 0. The van der Waals surface area contributed by atoms with Crippen LogP contribution in [0.5, 0.6) is 5.75 Å². The molecule has 0 aliphatic carbocycles. The fourth-order valence-corrected chi connectivity index (χ4v) is 4.38. The van der Waals surface area contributed by atoms with Crippen molar-refractivity contribution in [3.63, 3.8) is 0 Å². The zero-order valence-corrected chi connectivity index (χ0v) is 21.7. The third kappa shape index (κ3) is 5.59. The Hall–Kier alpha value is -3.26. The summed E-state index contributed by atoms with van der Waals surface area (Å²) in [5.74, 6) is -0.637. The number of alkyl halides is 2. The van der Waals surface area contributed by atoms with E-state index >= 15 is 0 Å². The SMILES string of the molecule is CC(Oc1cc(Br)cnc1[N+](=O)[O-])c1cc(F)ccc1-c1nccn1Cc1cnn(CC(F)F)c1Br. The molecule has 4 rings (SSSR count). The molecule has 1 aromatic carbocycles. The summed E-state index contributed by atoms with van der Waals surface area (Å²) in [6.07, 6.45) is 2.62. The number of benzene rings is 1. The molecule has 3 heterocycles. The number of nitro groups is 1. The minimum atomic E-state index is -2.56. The fraction of sp³-hybridized carbons (Fsp3) is 0.227. The number of ether oxygens (including phenoxy) is 1. The number of aromatic nitrogens is 5. The average Bonchev–Trinajstić information content (AvgIpc) is 3.40. The number of rotatable bonds is 9. The Balaban J connectivity index is 1.68. The number of imidazole rings is 1. The zero-order chi connectivity index (χ0) is 26.0. The molecule has 3 aromatic heterocycles. The third-order valence-corrected chi connectivity index (χ3v) is 6.53. The van der Waals surface area contributed by atoms with E-state index < -0.39 is 35.6 Å². The predicted molar refractivity (Wildman–Crippen MR) is 130 cm³/mol. The van der Waals surface area contributed by atoms with Gasteiger partial charge in [-0.2, -0.15) is 5.10 Å². The Morgan fingerprint density at radius 1 is 1.19 bits per heavy atom. The topological polar surface area (TPSA) is 101 Å². The van der Waals surface area contributed by atoms with Crippen LogP contribution in [-0.2, 0) is 13.1 Å². The molecule has 0 aliphatic heterocycles. The van der Waals surface area contributed by atoms with Crippen LogP contribution in [0, 0.1) is 15.9 Å². The summed E-state index contributed by atoms with van der Waals surface area (Å²) in [4.78, 5) is 18.9. The molecule has 1 atom stereocenters. The lowest BCUT2D eigenvalue weighted by atomic mass is 10.0. The van der Waals surface area contributed by atoms with Gasteiger partial charge in [0.05, 0.1) is 17.2 Å². The molecular weight excluding hydrogens is 613 g/mol. The molecule has 0 amide bonds. The van der Waals surface area contributed by atoms with Gasteiger partial charge >= 0.3 is 5.82 Å². The molecule has 0 fully saturated rings. The van der Waals surface area contributed by atoms with Gasteiger partial charge in [0, 0.05) is 35.2 Å². The lowest BCUT2D eigenvalue weighted by Gasteiger charge is -2.19. The number of hydrogen-bond acceptors (Lipinski definition) is 6. The van der Waals surface area contributed by atoms with Gasteiger partial charge in [0.15, 0.2) is 6.20 Å².